The summed E-state index contributed by atoms with van der Waals surface area (Å²) in [5.41, 5.74) is 1.70. The molecular formula is C15H21NO4. The molecule has 0 radical (unpaired) electrons. The maximum absolute atomic E-state index is 12.2. The molecule has 0 saturated heterocycles. The fourth-order valence-corrected chi connectivity index (χ4v) is 2.01. The zero-order valence-electron chi connectivity index (χ0n) is 12.3. The van der Waals surface area contributed by atoms with Crippen LogP contribution in [0.4, 0.5) is 0 Å². The molecule has 5 heteroatoms. The molecule has 0 aromatic heterocycles. The van der Waals surface area contributed by atoms with Crippen molar-refractivity contribution >= 4 is 11.9 Å². The SMILES string of the molecule is COC[C@](C)(CC(=O)O)NC(=O)c1ccc(C)c(C)c1. The first kappa shape index (κ1) is 16.2. The lowest BCUT2D eigenvalue weighted by Gasteiger charge is -2.28. The maximum atomic E-state index is 12.2. The summed E-state index contributed by atoms with van der Waals surface area (Å²) < 4.78 is 5.01. The Morgan fingerprint density at radius 1 is 1.30 bits per heavy atom. The third-order valence-corrected chi connectivity index (χ3v) is 3.19. The molecule has 0 fully saturated rings. The Bertz CT molecular complexity index is 513. The predicted molar refractivity (Wildman–Crippen MR) is 75.9 cm³/mol. The van der Waals surface area contributed by atoms with E-state index in [1.807, 2.05) is 19.9 Å². The number of carbonyl (C=O) groups is 2. The molecule has 1 amide bonds. The zero-order chi connectivity index (χ0) is 15.3. The first-order valence-electron chi connectivity index (χ1n) is 6.38. The summed E-state index contributed by atoms with van der Waals surface area (Å²) in [5.74, 6) is -1.28. The Balaban J connectivity index is 2.89. The van der Waals surface area contributed by atoms with Crippen LogP contribution in [0.5, 0.6) is 0 Å². The van der Waals surface area contributed by atoms with Crippen molar-refractivity contribution in [1.82, 2.24) is 5.32 Å². The van der Waals surface area contributed by atoms with Gasteiger partial charge in [-0.15, -0.1) is 0 Å². The molecule has 0 spiro atoms. The number of carboxylic acids is 1. The van der Waals surface area contributed by atoms with Crippen LogP contribution in [-0.2, 0) is 9.53 Å². The number of hydrogen-bond donors (Lipinski definition) is 2. The molecule has 1 rings (SSSR count). The molecular weight excluding hydrogens is 258 g/mol. The van der Waals surface area contributed by atoms with Crippen molar-refractivity contribution in [3.63, 3.8) is 0 Å². The molecule has 0 bridgehead atoms. The van der Waals surface area contributed by atoms with Gasteiger partial charge in [0.2, 0.25) is 0 Å². The van der Waals surface area contributed by atoms with Gasteiger partial charge in [0.15, 0.2) is 0 Å². The fraction of sp³-hybridized carbons (Fsp3) is 0.467. The Hall–Kier alpha value is -1.88. The topological polar surface area (TPSA) is 75.6 Å². The third kappa shape index (κ3) is 4.35. The van der Waals surface area contributed by atoms with Crippen LogP contribution >= 0.6 is 0 Å². The molecule has 0 heterocycles. The molecule has 5 nitrogen and oxygen atoms in total. The van der Waals surface area contributed by atoms with E-state index in [9.17, 15) is 9.59 Å². The Morgan fingerprint density at radius 3 is 2.45 bits per heavy atom. The van der Waals surface area contributed by atoms with E-state index < -0.39 is 11.5 Å². The van der Waals surface area contributed by atoms with E-state index in [1.165, 1.54) is 7.11 Å². The average Bonchev–Trinajstić information content (AvgIpc) is 2.31. The van der Waals surface area contributed by atoms with Gasteiger partial charge in [-0.3, -0.25) is 9.59 Å². The van der Waals surface area contributed by atoms with E-state index in [-0.39, 0.29) is 18.9 Å². The van der Waals surface area contributed by atoms with Gasteiger partial charge in [0.25, 0.3) is 5.91 Å². The fourth-order valence-electron chi connectivity index (χ4n) is 2.01. The Kier molecular flexibility index (Phi) is 5.27. The minimum absolute atomic E-state index is 0.135. The van der Waals surface area contributed by atoms with Gasteiger partial charge in [-0.25, -0.2) is 0 Å². The number of rotatable bonds is 6. The number of aryl methyl sites for hydroxylation is 2. The summed E-state index contributed by atoms with van der Waals surface area (Å²) >= 11 is 0. The summed E-state index contributed by atoms with van der Waals surface area (Å²) in [6.45, 7) is 5.69. The van der Waals surface area contributed by atoms with E-state index in [0.717, 1.165) is 11.1 Å². The van der Waals surface area contributed by atoms with Crippen molar-refractivity contribution in [2.24, 2.45) is 0 Å². The van der Waals surface area contributed by atoms with Crippen LogP contribution in [-0.4, -0.2) is 36.2 Å². The summed E-state index contributed by atoms with van der Waals surface area (Å²) in [6, 6.07) is 5.39. The highest BCUT2D eigenvalue weighted by Gasteiger charge is 2.30. The van der Waals surface area contributed by atoms with E-state index in [0.29, 0.717) is 5.56 Å². The van der Waals surface area contributed by atoms with Gasteiger partial charge in [0.05, 0.1) is 18.6 Å². The molecule has 0 saturated carbocycles. The Morgan fingerprint density at radius 2 is 1.95 bits per heavy atom. The smallest absolute Gasteiger partial charge is 0.305 e. The van der Waals surface area contributed by atoms with Crippen LogP contribution in [0.3, 0.4) is 0 Å². The number of carboxylic acid groups (broad SMARTS) is 1. The quantitative estimate of drug-likeness (QED) is 0.834. The molecule has 0 unspecified atom stereocenters. The van der Waals surface area contributed by atoms with E-state index in [4.69, 9.17) is 9.84 Å². The largest absolute Gasteiger partial charge is 0.481 e. The first-order chi connectivity index (χ1) is 9.27. The van der Waals surface area contributed by atoms with Gasteiger partial charge in [-0.1, -0.05) is 6.07 Å². The van der Waals surface area contributed by atoms with Gasteiger partial charge < -0.3 is 15.2 Å². The minimum atomic E-state index is -0.982. The molecule has 1 aromatic carbocycles. The number of nitrogens with one attached hydrogen (secondary N) is 1. The number of methoxy groups -OCH3 is 1. The second kappa shape index (κ2) is 6.52. The lowest BCUT2D eigenvalue weighted by Crippen LogP contribution is -2.50. The lowest BCUT2D eigenvalue weighted by atomic mass is 9.97. The molecule has 110 valence electrons. The van der Waals surface area contributed by atoms with Gasteiger partial charge >= 0.3 is 5.97 Å². The number of benzene rings is 1. The molecule has 1 aromatic rings. The van der Waals surface area contributed by atoms with Crippen LogP contribution in [0.15, 0.2) is 18.2 Å². The molecule has 20 heavy (non-hydrogen) atoms. The summed E-state index contributed by atoms with van der Waals surface area (Å²) in [4.78, 5) is 23.1. The molecule has 2 N–H and O–H groups in total. The molecule has 0 aliphatic rings. The average molecular weight is 279 g/mol. The molecule has 0 aliphatic heterocycles. The van der Waals surface area contributed by atoms with Gasteiger partial charge in [0, 0.05) is 12.7 Å². The molecule has 0 aliphatic carbocycles. The van der Waals surface area contributed by atoms with Gasteiger partial charge in [-0.2, -0.15) is 0 Å². The van der Waals surface area contributed by atoms with E-state index >= 15 is 0 Å². The Labute approximate surface area is 118 Å². The zero-order valence-corrected chi connectivity index (χ0v) is 12.3. The van der Waals surface area contributed by atoms with Gasteiger partial charge in [0.1, 0.15) is 0 Å². The van der Waals surface area contributed by atoms with E-state index in [2.05, 4.69) is 5.32 Å². The van der Waals surface area contributed by atoms with Crippen LogP contribution in [0.1, 0.15) is 34.8 Å². The number of hydrogen-bond acceptors (Lipinski definition) is 3. The minimum Gasteiger partial charge on any atom is -0.481 e. The lowest BCUT2D eigenvalue weighted by molar-refractivity contribution is -0.139. The van der Waals surface area contributed by atoms with Crippen LogP contribution in [0.25, 0.3) is 0 Å². The second-order valence-corrected chi connectivity index (χ2v) is 5.32. The normalized spacial score (nSPS) is 13.6. The highest BCUT2D eigenvalue weighted by Crippen LogP contribution is 2.14. The van der Waals surface area contributed by atoms with Crippen molar-refractivity contribution < 1.29 is 19.4 Å². The number of carbonyl (C=O) groups excluding carboxylic acids is 1. The van der Waals surface area contributed by atoms with Gasteiger partial charge in [-0.05, 0) is 44.0 Å². The maximum Gasteiger partial charge on any atom is 0.305 e. The highest BCUT2D eigenvalue weighted by atomic mass is 16.5. The number of ether oxygens (including phenoxy) is 1. The second-order valence-electron chi connectivity index (χ2n) is 5.32. The van der Waals surface area contributed by atoms with Crippen LogP contribution in [0, 0.1) is 13.8 Å². The standard InChI is InChI=1S/C15H21NO4/c1-10-5-6-12(7-11(10)2)14(19)16-15(3,9-20-4)8-13(17)18/h5-7H,8-9H2,1-4H3,(H,16,19)(H,17,18)/t15-/m0/s1. The van der Waals surface area contributed by atoms with Crippen LogP contribution in [0.2, 0.25) is 0 Å². The van der Waals surface area contributed by atoms with Crippen LogP contribution < -0.4 is 5.32 Å². The number of aliphatic carboxylic acids is 1. The summed E-state index contributed by atoms with van der Waals surface area (Å²) in [5, 5.41) is 11.7. The van der Waals surface area contributed by atoms with Crippen molar-refractivity contribution in [2.75, 3.05) is 13.7 Å². The van der Waals surface area contributed by atoms with Crippen molar-refractivity contribution in [2.45, 2.75) is 32.7 Å². The van der Waals surface area contributed by atoms with Crippen molar-refractivity contribution in [3.05, 3.63) is 34.9 Å². The first-order valence-corrected chi connectivity index (χ1v) is 6.38. The summed E-state index contributed by atoms with van der Waals surface area (Å²) in [7, 11) is 1.47. The van der Waals surface area contributed by atoms with E-state index in [1.54, 1.807) is 19.1 Å². The van der Waals surface area contributed by atoms with Crippen molar-refractivity contribution in [3.8, 4) is 0 Å². The third-order valence-electron chi connectivity index (χ3n) is 3.19. The van der Waals surface area contributed by atoms with Crippen molar-refractivity contribution in [1.29, 1.82) is 0 Å². The monoisotopic (exact) mass is 279 g/mol. The summed E-state index contributed by atoms with van der Waals surface area (Å²) in [6.07, 6.45) is -0.197. The molecule has 1 atom stereocenters. The predicted octanol–water partition coefficient (Wildman–Crippen LogP) is 1.91. The number of amides is 1. The highest BCUT2D eigenvalue weighted by molar-refractivity contribution is 5.95.